The van der Waals surface area contributed by atoms with E-state index in [1.807, 2.05) is 100 Å². The number of hydrogen-bond donors (Lipinski definition) is 1. The van der Waals surface area contributed by atoms with E-state index in [-0.39, 0.29) is 43.8 Å². The molecule has 3 aromatic carbocycles. The lowest BCUT2D eigenvalue weighted by atomic mass is 10.0. The van der Waals surface area contributed by atoms with E-state index in [1.54, 1.807) is 12.0 Å². The highest BCUT2D eigenvalue weighted by atomic mass is 32.2. The van der Waals surface area contributed by atoms with Crippen LogP contribution in [0.15, 0.2) is 72.8 Å². The van der Waals surface area contributed by atoms with Crippen molar-refractivity contribution in [2.24, 2.45) is 0 Å². The van der Waals surface area contributed by atoms with Crippen LogP contribution in [0, 0.1) is 13.8 Å². The van der Waals surface area contributed by atoms with Crippen LogP contribution < -0.4 is 14.4 Å². The molecule has 9 heteroatoms. The number of sulfonamides is 1. The summed E-state index contributed by atoms with van der Waals surface area (Å²) in [6.07, 6.45) is 1.87. The standard InChI is InChI=1S/C33H43N3O5S/c1-24(2)34-33(38)31(22-27-12-8-7-9-13-27)35(23-28-14-10-15-30(21-28)41-5)32(37)16-11-17-36(42(6,39)40)29-19-25(3)18-26(4)20-29/h7-10,12-15,18-21,24,31H,11,16-17,22-23H2,1-6H3,(H,34,38). The second-order valence-electron chi connectivity index (χ2n) is 11.0. The topological polar surface area (TPSA) is 96.0 Å². The van der Waals surface area contributed by atoms with Gasteiger partial charge in [-0.1, -0.05) is 48.5 Å². The lowest BCUT2D eigenvalue weighted by molar-refractivity contribution is -0.141. The van der Waals surface area contributed by atoms with Crippen LogP contribution in [0.4, 0.5) is 5.69 Å². The second kappa shape index (κ2) is 14.9. The van der Waals surface area contributed by atoms with Gasteiger partial charge in [-0.25, -0.2) is 8.42 Å². The number of methoxy groups -OCH3 is 1. The first-order valence-corrected chi connectivity index (χ1v) is 16.0. The Kier molecular flexibility index (Phi) is 11.6. The van der Waals surface area contributed by atoms with E-state index in [9.17, 15) is 18.0 Å². The predicted molar refractivity (Wildman–Crippen MR) is 168 cm³/mol. The Morgan fingerprint density at radius 3 is 2.14 bits per heavy atom. The molecular weight excluding hydrogens is 550 g/mol. The number of rotatable bonds is 14. The van der Waals surface area contributed by atoms with Crippen LogP contribution in [0.1, 0.15) is 48.9 Å². The predicted octanol–water partition coefficient (Wildman–Crippen LogP) is 5.02. The molecule has 0 saturated heterocycles. The normalized spacial score (nSPS) is 12.1. The van der Waals surface area contributed by atoms with Crippen LogP contribution in [0.5, 0.6) is 5.75 Å². The van der Waals surface area contributed by atoms with Crippen molar-refractivity contribution in [3.8, 4) is 5.75 Å². The minimum absolute atomic E-state index is 0.0705. The molecule has 0 radical (unpaired) electrons. The molecule has 0 aromatic heterocycles. The monoisotopic (exact) mass is 593 g/mol. The van der Waals surface area contributed by atoms with Gasteiger partial charge in [0.1, 0.15) is 11.8 Å². The third-order valence-corrected chi connectivity index (χ3v) is 8.03. The van der Waals surface area contributed by atoms with E-state index in [1.165, 1.54) is 10.6 Å². The van der Waals surface area contributed by atoms with E-state index < -0.39 is 16.1 Å². The summed E-state index contributed by atoms with van der Waals surface area (Å²) in [5.41, 5.74) is 4.25. The Labute approximate surface area is 250 Å². The molecule has 0 aliphatic rings. The van der Waals surface area contributed by atoms with Gasteiger partial charge in [-0.2, -0.15) is 0 Å². The summed E-state index contributed by atoms with van der Waals surface area (Å²) in [5.74, 6) is 0.188. The number of anilines is 1. The maximum atomic E-state index is 13.9. The number of ether oxygens (including phenoxy) is 1. The van der Waals surface area contributed by atoms with Crippen molar-refractivity contribution in [1.29, 1.82) is 0 Å². The molecule has 1 unspecified atom stereocenters. The molecule has 3 aromatic rings. The van der Waals surface area contributed by atoms with E-state index in [0.717, 1.165) is 22.3 Å². The van der Waals surface area contributed by atoms with Crippen LogP contribution in [0.2, 0.25) is 0 Å². The van der Waals surface area contributed by atoms with Crippen molar-refractivity contribution in [3.63, 3.8) is 0 Å². The average molecular weight is 594 g/mol. The summed E-state index contributed by atoms with van der Waals surface area (Å²) in [7, 11) is -2.00. The highest BCUT2D eigenvalue weighted by Gasteiger charge is 2.31. The van der Waals surface area contributed by atoms with Crippen LogP contribution in [0.3, 0.4) is 0 Å². The van der Waals surface area contributed by atoms with E-state index in [2.05, 4.69) is 5.32 Å². The van der Waals surface area contributed by atoms with Gasteiger partial charge in [-0.05, 0) is 80.6 Å². The molecule has 8 nitrogen and oxygen atoms in total. The zero-order valence-corrected chi connectivity index (χ0v) is 26.3. The zero-order chi connectivity index (χ0) is 30.9. The second-order valence-corrected chi connectivity index (χ2v) is 12.9. The van der Waals surface area contributed by atoms with Crippen molar-refractivity contribution in [1.82, 2.24) is 10.2 Å². The van der Waals surface area contributed by atoms with Gasteiger partial charge in [-0.3, -0.25) is 13.9 Å². The minimum Gasteiger partial charge on any atom is -0.497 e. The molecule has 226 valence electrons. The van der Waals surface area contributed by atoms with Gasteiger partial charge in [0.2, 0.25) is 21.8 Å². The summed E-state index contributed by atoms with van der Waals surface area (Å²) >= 11 is 0. The third-order valence-electron chi connectivity index (χ3n) is 6.84. The number of carbonyl (C=O) groups is 2. The summed E-state index contributed by atoms with van der Waals surface area (Å²) in [6, 6.07) is 21.8. The number of hydrogen-bond acceptors (Lipinski definition) is 5. The minimum atomic E-state index is -3.58. The third kappa shape index (κ3) is 9.62. The highest BCUT2D eigenvalue weighted by Crippen LogP contribution is 2.23. The maximum absolute atomic E-state index is 13.9. The van der Waals surface area contributed by atoms with Gasteiger partial charge in [0, 0.05) is 32.0 Å². The molecule has 2 amide bonds. The van der Waals surface area contributed by atoms with Gasteiger partial charge in [0.15, 0.2) is 0 Å². The van der Waals surface area contributed by atoms with Crippen LogP contribution in [0.25, 0.3) is 0 Å². The molecular formula is C33H43N3O5S. The van der Waals surface area contributed by atoms with Gasteiger partial charge in [0.05, 0.1) is 19.1 Å². The number of aryl methyl sites for hydroxylation is 2. The average Bonchev–Trinajstić information content (AvgIpc) is 2.91. The van der Waals surface area contributed by atoms with E-state index in [0.29, 0.717) is 17.9 Å². The fraction of sp³-hybridized carbons (Fsp3) is 0.394. The fourth-order valence-corrected chi connectivity index (χ4v) is 5.95. The number of benzene rings is 3. The molecule has 0 bridgehead atoms. The molecule has 1 N–H and O–H groups in total. The Balaban J connectivity index is 1.91. The van der Waals surface area contributed by atoms with Crippen molar-refractivity contribution in [2.45, 2.75) is 65.6 Å². The van der Waals surface area contributed by atoms with Gasteiger partial charge in [-0.15, -0.1) is 0 Å². The molecule has 0 aliphatic carbocycles. The quantitative estimate of drug-likeness (QED) is 0.283. The van der Waals surface area contributed by atoms with E-state index >= 15 is 0 Å². The Morgan fingerprint density at radius 2 is 1.55 bits per heavy atom. The van der Waals surface area contributed by atoms with Crippen molar-refractivity contribution >= 4 is 27.5 Å². The number of amides is 2. The smallest absolute Gasteiger partial charge is 0.243 e. The van der Waals surface area contributed by atoms with Gasteiger partial charge < -0.3 is 15.0 Å². The molecule has 0 spiro atoms. The molecule has 3 rings (SSSR count). The Hall–Kier alpha value is -3.85. The number of carbonyl (C=O) groups excluding carboxylic acids is 2. The Morgan fingerprint density at radius 1 is 0.905 bits per heavy atom. The van der Waals surface area contributed by atoms with Crippen LogP contribution >= 0.6 is 0 Å². The summed E-state index contributed by atoms with van der Waals surface area (Å²) < 4.78 is 32.2. The fourth-order valence-electron chi connectivity index (χ4n) is 5.00. The first kappa shape index (κ1) is 32.7. The van der Waals surface area contributed by atoms with Crippen LogP contribution in [-0.2, 0) is 32.6 Å². The molecule has 1 atom stereocenters. The first-order valence-electron chi connectivity index (χ1n) is 14.2. The highest BCUT2D eigenvalue weighted by molar-refractivity contribution is 7.92. The lowest BCUT2D eigenvalue weighted by Gasteiger charge is -2.32. The summed E-state index contributed by atoms with van der Waals surface area (Å²) in [6.45, 7) is 7.96. The molecule has 0 aliphatic heterocycles. The van der Waals surface area contributed by atoms with Crippen molar-refractivity contribution in [3.05, 3.63) is 95.1 Å². The van der Waals surface area contributed by atoms with Gasteiger partial charge >= 0.3 is 0 Å². The molecule has 42 heavy (non-hydrogen) atoms. The van der Waals surface area contributed by atoms with Crippen LogP contribution in [-0.4, -0.2) is 57.1 Å². The van der Waals surface area contributed by atoms with Crippen molar-refractivity contribution < 1.29 is 22.7 Å². The maximum Gasteiger partial charge on any atom is 0.243 e. The summed E-state index contributed by atoms with van der Waals surface area (Å²) in [4.78, 5) is 29.1. The number of nitrogens with zero attached hydrogens (tertiary/aromatic N) is 2. The zero-order valence-electron chi connectivity index (χ0n) is 25.5. The lowest BCUT2D eigenvalue weighted by Crippen LogP contribution is -2.51. The Bertz CT molecular complexity index is 1440. The molecule has 0 fully saturated rings. The SMILES string of the molecule is COc1cccc(CN(C(=O)CCCN(c2cc(C)cc(C)c2)S(C)(=O)=O)C(Cc2ccccc2)C(=O)NC(C)C)c1. The largest absolute Gasteiger partial charge is 0.497 e. The van der Waals surface area contributed by atoms with E-state index in [4.69, 9.17) is 4.74 Å². The first-order chi connectivity index (χ1) is 19.9. The molecule has 0 saturated carbocycles. The molecule has 0 heterocycles. The van der Waals surface area contributed by atoms with Crippen molar-refractivity contribution in [2.75, 3.05) is 24.2 Å². The number of nitrogens with one attached hydrogen (secondary N) is 1. The van der Waals surface area contributed by atoms with Gasteiger partial charge in [0.25, 0.3) is 0 Å². The summed E-state index contributed by atoms with van der Waals surface area (Å²) in [5, 5.41) is 2.99.